The van der Waals surface area contributed by atoms with E-state index in [2.05, 4.69) is 64.0 Å². The molecule has 14 heavy (non-hydrogen) atoms. The third-order valence-electron chi connectivity index (χ3n) is 2.19. The van der Waals surface area contributed by atoms with E-state index in [4.69, 9.17) is 0 Å². The van der Waals surface area contributed by atoms with Gasteiger partial charge in [-0.15, -0.1) is 11.3 Å². The van der Waals surface area contributed by atoms with Crippen LogP contribution in [0.5, 0.6) is 0 Å². The number of halogens is 1. The summed E-state index contributed by atoms with van der Waals surface area (Å²) in [6.45, 7) is 0. The number of aromatic nitrogens is 1. The van der Waals surface area contributed by atoms with Crippen LogP contribution in [-0.2, 0) is 0 Å². The van der Waals surface area contributed by atoms with Crippen LogP contribution in [-0.4, -0.2) is 4.98 Å². The van der Waals surface area contributed by atoms with Crippen molar-refractivity contribution in [3.63, 3.8) is 0 Å². The topological polar surface area (TPSA) is 12.9 Å². The molecule has 1 nitrogen and oxygen atoms in total. The van der Waals surface area contributed by atoms with Crippen LogP contribution >= 0.6 is 33.9 Å². The van der Waals surface area contributed by atoms with E-state index in [1.807, 2.05) is 0 Å². The lowest BCUT2D eigenvalue weighted by Gasteiger charge is -1.91. The molecule has 0 saturated carbocycles. The van der Waals surface area contributed by atoms with Crippen molar-refractivity contribution in [3.05, 3.63) is 40.1 Å². The molecule has 0 atom stereocenters. The van der Waals surface area contributed by atoms with Gasteiger partial charge in [-0.05, 0) is 40.8 Å². The van der Waals surface area contributed by atoms with Crippen LogP contribution < -0.4 is 0 Å². The second-order valence-electron chi connectivity index (χ2n) is 3.08. The Bertz CT molecular complexity index is 615. The Balaban J connectivity index is 2.58. The average molecular weight is 311 g/mol. The minimum absolute atomic E-state index is 1.05. The highest BCUT2D eigenvalue weighted by molar-refractivity contribution is 14.1. The van der Waals surface area contributed by atoms with E-state index in [1.54, 1.807) is 11.3 Å². The molecule has 0 spiro atoms. The van der Waals surface area contributed by atoms with Crippen LogP contribution in [0, 0.1) is 3.70 Å². The first-order chi connectivity index (χ1) is 6.84. The van der Waals surface area contributed by atoms with E-state index < -0.39 is 0 Å². The summed E-state index contributed by atoms with van der Waals surface area (Å²) < 4.78 is 3.64. The standard InChI is InChI=1S/C11H6INS/c12-10-6-5-9-11(13-10)7-3-1-2-4-8(7)14-9/h1-6H. The third-order valence-corrected chi connectivity index (χ3v) is 3.91. The molecule has 3 heteroatoms. The molecule has 3 aromatic rings. The van der Waals surface area contributed by atoms with Crippen LogP contribution in [0.4, 0.5) is 0 Å². The zero-order chi connectivity index (χ0) is 9.54. The lowest BCUT2D eigenvalue weighted by atomic mass is 10.2. The minimum atomic E-state index is 1.05. The molecule has 0 radical (unpaired) electrons. The van der Waals surface area contributed by atoms with Crippen molar-refractivity contribution in [2.24, 2.45) is 0 Å². The normalized spacial score (nSPS) is 11.2. The van der Waals surface area contributed by atoms with Gasteiger partial charge in [-0.25, -0.2) is 4.98 Å². The number of rotatable bonds is 0. The molecule has 0 aliphatic rings. The lowest BCUT2D eigenvalue weighted by molar-refractivity contribution is 1.37. The first-order valence-electron chi connectivity index (χ1n) is 4.28. The second kappa shape index (κ2) is 3.17. The van der Waals surface area contributed by atoms with E-state index in [0.29, 0.717) is 0 Å². The van der Waals surface area contributed by atoms with E-state index >= 15 is 0 Å². The van der Waals surface area contributed by atoms with Crippen LogP contribution in [0.2, 0.25) is 0 Å². The van der Waals surface area contributed by atoms with Crippen LogP contribution in [0.25, 0.3) is 20.3 Å². The summed E-state index contributed by atoms with van der Waals surface area (Å²) in [7, 11) is 0. The minimum Gasteiger partial charge on any atom is -0.240 e. The lowest BCUT2D eigenvalue weighted by Crippen LogP contribution is -1.77. The molecule has 0 unspecified atom stereocenters. The van der Waals surface area contributed by atoms with Gasteiger partial charge < -0.3 is 0 Å². The Kier molecular flexibility index (Phi) is 1.95. The molecule has 0 N–H and O–H groups in total. The summed E-state index contributed by atoms with van der Waals surface area (Å²) in [6, 6.07) is 12.6. The molecule has 1 aromatic carbocycles. The van der Waals surface area contributed by atoms with Crippen molar-refractivity contribution in [1.29, 1.82) is 0 Å². The Labute approximate surface area is 98.9 Å². The Morgan fingerprint density at radius 3 is 2.79 bits per heavy atom. The number of hydrogen-bond acceptors (Lipinski definition) is 2. The molecule has 68 valence electrons. The van der Waals surface area contributed by atoms with Crippen LogP contribution in [0.1, 0.15) is 0 Å². The summed E-state index contributed by atoms with van der Waals surface area (Å²) in [4.78, 5) is 4.56. The number of benzene rings is 1. The highest BCUT2D eigenvalue weighted by atomic mass is 127. The first kappa shape index (κ1) is 8.61. The van der Waals surface area contributed by atoms with Gasteiger partial charge in [0, 0.05) is 10.1 Å². The molecule has 0 aliphatic carbocycles. The van der Waals surface area contributed by atoms with E-state index in [0.717, 1.165) is 9.22 Å². The predicted molar refractivity (Wildman–Crippen MR) is 69.8 cm³/mol. The van der Waals surface area contributed by atoms with Crippen molar-refractivity contribution in [2.75, 3.05) is 0 Å². The summed E-state index contributed by atoms with van der Waals surface area (Å²) >= 11 is 4.06. The zero-order valence-electron chi connectivity index (χ0n) is 7.20. The molecule has 0 fully saturated rings. The summed E-state index contributed by atoms with van der Waals surface area (Å²) in [5, 5.41) is 1.27. The van der Waals surface area contributed by atoms with Gasteiger partial charge in [-0.2, -0.15) is 0 Å². The molecule has 2 heterocycles. The van der Waals surface area contributed by atoms with E-state index in [9.17, 15) is 0 Å². The molecule has 0 saturated heterocycles. The Morgan fingerprint density at radius 2 is 1.86 bits per heavy atom. The molecule has 2 aromatic heterocycles. The van der Waals surface area contributed by atoms with Crippen LogP contribution in [0.15, 0.2) is 36.4 Å². The van der Waals surface area contributed by atoms with Crippen LogP contribution in [0.3, 0.4) is 0 Å². The number of fused-ring (bicyclic) bond motifs is 3. The van der Waals surface area contributed by atoms with Crippen molar-refractivity contribution in [3.8, 4) is 0 Å². The third kappa shape index (κ3) is 1.23. The Hall–Kier alpha value is -0.680. The molecular weight excluding hydrogens is 305 g/mol. The molecule has 0 bridgehead atoms. The SMILES string of the molecule is Ic1ccc2sc3ccccc3c2n1. The Morgan fingerprint density at radius 1 is 1.00 bits per heavy atom. The zero-order valence-corrected chi connectivity index (χ0v) is 10.2. The maximum Gasteiger partial charge on any atom is 0.102 e. The highest BCUT2D eigenvalue weighted by Gasteiger charge is 2.04. The van der Waals surface area contributed by atoms with Crippen molar-refractivity contribution >= 4 is 54.2 Å². The van der Waals surface area contributed by atoms with Gasteiger partial charge in [0.1, 0.15) is 3.70 Å². The predicted octanol–water partition coefficient (Wildman–Crippen LogP) is 4.05. The summed E-state index contributed by atoms with van der Waals surface area (Å²) in [5.74, 6) is 0. The average Bonchev–Trinajstić information content (AvgIpc) is 2.56. The van der Waals surface area contributed by atoms with Gasteiger partial charge in [0.15, 0.2) is 0 Å². The molecule has 0 amide bonds. The highest BCUT2D eigenvalue weighted by Crippen LogP contribution is 2.32. The van der Waals surface area contributed by atoms with E-state index in [1.165, 1.54) is 14.8 Å². The number of pyridine rings is 1. The summed E-state index contributed by atoms with van der Waals surface area (Å²) in [5.41, 5.74) is 1.14. The van der Waals surface area contributed by atoms with Gasteiger partial charge in [-0.1, -0.05) is 18.2 Å². The van der Waals surface area contributed by atoms with E-state index in [-0.39, 0.29) is 0 Å². The molecular formula is C11H6INS. The fraction of sp³-hybridized carbons (Fsp3) is 0. The quantitative estimate of drug-likeness (QED) is 0.451. The van der Waals surface area contributed by atoms with Gasteiger partial charge in [0.25, 0.3) is 0 Å². The van der Waals surface area contributed by atoms with Gasteiger partial charge in [-0.3, -0.25) is 0 Å². The fourth-order valence-corrected chi connectivity index (χ4v) is 3.04. The molecule has 0 aliphatic heterocycles. The maximum atomic E-state index is 4.56. The number of hydrogen-bond donors (Lipinski definition) is 0. The van der Waals surface area contributed by atoms with Gasteiger partial charge in [0.05, 0.1) is 10.2 Å². The largest absolute Gasteiger partial charge is 0.240 e. The van der Waals surface area contributed by atoms with Crippen molar-refractivity contribution < 1.29 is 0 Å². The smallest absolute Gasteiger partial charge is 0.102 e. The van der Waals surface area contributed by atoms with Gasteiger partial charge in [0.2, 0.25) is 0 Å². The van der Waals surface area contributed by atoms with Gasteiger partial charge >= 0.3 is 0 Å². The molecule has 3 rings (SSSR count). The van der Waals surface area contributed by atoms with Crippen molar-refractivity contribution in [1.82, 2.24) is 4.98 Å². The monoisotopic (exact) mass is 311 g/mol. The second-order valence-corrected chi connectivity index (χ2v) is 5.27. The van der Waals surface area contributed by atoms with Crippen molar-refractivity contribution in [2.45, 2.75) is 0 Å². The first-order valence-corrected chi connectivity index (χ1v) is 6.18. The number of thiophene rings is 1. The maximum absolute atomic E-state index is 4.56. The summed E-state index contributed by atoms with van der Waals surface area (Å²) in [6.07, 6.45) is 0. The number of nitrogens with zero attached hydrogens (tertiary/aromatic N) is 1. The fourth-order valence-electron chi connectivity index (χ4n) is 1.57.